The lowest BCUT2D eigenvalue weighted by molar-refractivity contribution is 0.402. The zero-order chi connectivity index (χ0) is 29.8. The van der Waals surface area contributed by atoms with Crippen LogP contribution >= 0.6 is 11.3 Å². The SMILES string of the molecule is COc1ccccc1[C@H]1C2=C(N=c3s/c(=C/c4c(-c5ccccc5)[nH]c5c(OC)cccc45)c(=O)n31)c1ccccc1CC2. The Bertz CT molecular complexity index is 2290. The summed E-state index contributed by atoms with van der Waals surface area (Å²) >= 11 is 1.43. The van der Waals surface area contributed by atoms with Crippen molar-refractivity contribution in [3.8, 4) is 22.8 Å². The van der Waals surface area contributed by atoms with Gasteiger partial charge in [-0.1, -0.05) is 96.3 Å². The fourth-order valence-corrected chi connectivity index (χ4v) is 7.67. The summed E-state index contributed by atoms with van der Waals surface area (Å²) in [5.74, 6) is 1.51. The third-order valence-electron chi connectivity index (χ3n) is 8.70. The van der Waals surface area contributed by atoms with E-state index in [-0.39, 0.29) is 11.6 Å². The molecule has 3 heterocycles. The highest BCUT2D eigenvalue weighted by Gasteiger charge is 2.34. The van der Waals surface area contributed by atoms with Crippen molar-refractivity contribution in [1.29, 1.82) is 0 Å². The van der Waals surface area contributed by atoms with Gasteiger partial charge in [0.25, 0.3) is 5.56 Å². The molecule has 0 bridgehead atoms. The number of fused-ring (bicyclic) bond motifs is 4. The monoisotopic (exact) mass is 595 g/mol. The minimum atomic E-state index is -0.315. The summed E-state index contributed by atoms with van der Waals surface area (Å²) in [5.41, 5.74) is 9.25. The number of methoxy groups -OCH3 is 2. The molecule has 44 heavy (non-hydrogen) atoms. The van der Waals surface area contributed by atoms with Gasteiger partial charge in [-0.25, -0.2) is 4.99 Å². The van der Waals surface area contributed by atoms with Gasteiger partial charge in [0, 0.05) is 22.1 Å². The maximum Gasteiger partial charge on any atom is 0.271 e. The highest BCUT2D eigenvalue weighted by atomic mass is 32.1. The van der Waals surface area contributed by atoms with Crippen LogP contribution in [0.25, 0.3) is 33.9 Å². The lowest BCUT2D eigenvalue weighted by Gasteiger charge is -2.31. The number of ether oxygens (including phenoxy) is 2. The third kappa shape index (κ3) is 4.07. The van der Waals surface area contributed by atoms with E-state index >= 15 is 0 Å². The number of aromatic amines is 1. The molecule has 7 heteroatoms. The summed E-state index contributed by atoms with van der Waals surface area (Å²) in [5, 5.41) is 0.989. The Morgan fingerprint density at radius 2 is 1.61 bits per heavy atom. The van der Waals surface area contributed by atoms with E-state index in [0.29, 0.717) is 9.33 Å². The van der Waals surface area contributed by atoms with E-state index in [4.69, 9.17) is 14.5 Å². The smallest absolute Gasteiger partial charge is 0.271 e. The summed E-state index contributed by atoms with van der Waals surface area (Å²) in [7, 11) is 3.36. The fourth-order valence-electron chi connectivity index (χ4n) is 6.69. The molecule has 1 aliphatic carbocycles. The van der Waals surface area contributed by atoms with E-state index in [1.165, 1.54) is 16.9 Å². The van der Waals surface area contributed by atoms with E-state index < -0.39 is 0 Å². The summed E-state index contributed by atoms with van der Waals surface area (Å²) < 4.78 is 14.0. The minimum absolute atomic E-state index is 0.0636. The topological polar surface area (TPSA) is 68.6 Å². The highest BCUT2D eigenvalue weighted by Crippen LogP contribution is 2.43. The van der Waals surface area contributed by atoms with Crippen molar-refractivity contribution in [2.75, 3.05) is 14.2 Å². The van der Waals surface area contributed by atoms with Gasteiger partial charge >= 0.3 is 0 Å². The Labute approximate surface area is 257 Å². The molecule has 0 saturated heterocycles. The molecule has 6 nitrogen and oxygen atoms in total. The first-order valence-electron chi connectivity index (χ1n) is 14.7. The van der Waals surface area contributed by atoms with Crippen molar-refractivity contribution < 1.29 is 9.47 Å². The van der Waals surface area contributed by atoms with Crippen molar-refractivity contribution >= 4 is 34.0 Å². The van der Waals surface area contributed by atoms with Crippen molar-refractivity contribution in [2.24, 2.45) is 4.99 Å². The second-order valence-electron chi connectivity index (χ2n) is 11.0. The molecule has 0 spiro atoms. The molecular formula is C37H29N3O3S. The van der Waals surface area contributed by atoms with Crippen LogP contribution in [-0.2, 0) is 6.42 Å². The van der Waals surface area contributed by atoms with Gasteiger partial charge < -0.3 is 14.5 Å². The molecule has 1 N–H and O–H groups in total. The number of thiazole rings is 1. The average Bonchev–Trinajstić information content (AvgIpc) is 3.61. The van der Waals surface area contributed by atoms with Crippen molar-refractivity contribution in [1.82, 2.24) is 9.55 Å². The van der Waals surface area contributed by atoms with Crippen molar-refractivity contribution in [3.05, 3.63) is 145 Å². The zero-order valence-electron chi connectivity index (χ0n) is 24.3. The van der Waals surface area contributed by atoms with E-state index in [9.17, 15) is 4.79 Å². The van der Waals surface area contributed by atoms with Gasteiger partial charge in [-0.3, -0.25) is 9.36 Å². The van der Waals surface area contributed by atoms with E-state index in [0.717, 1.165) is 74.5 Å². The number of allylic oxidation sites excluding steroid dienone is 1. The second-order valence-corrected chi connectivity index (χ2v) is 12.0. The first-order chi connectivity index (χ1) is 21.7. The van der Waals surface area contributed by atoms with Crippen LogP contribution in [0.1, 0.15) is 34.7 Å². The zero-order valence-corrected chi connectivity index (χ0v) is 25.2. The van der Waals surface area contributed by atoms with Gasteiger partial charge in [0.1, 0.15) is 11.5 Å². The highest BCUT2D eigenvalue weighted by molar-refractivity contribution is 7.07. The van der Waals surface area contributed by atoms with Crippen LogP contribution in [-0.4, -0.2) is 23.8 Å². The molecule has 8 rings (SSSR count). The molecule has 0 radical (unpaired) electrons. The first kappa shape index (κ1) is 26.5. The van der Waals surface area contributed by atoms with Gasteiger partial charge in [-0.15, -0.1) is 0 Å². The normalized spacial score (nSPS) is 15.9. The maximum atomic E-state index is 14.5. The number of H-pyrrole nitrogens is 1. The Morgan fingerprint density at radius 1 is 0.864 bits per heavy atom. The van der Waals surface area contributed by atoms with Crippen LogP contribution in [0.3, 0.4) is 0 Å². The maximum absolute atomic E-state index is 14.5. The van der Waals surface area contributed by atoms with E-state index in [1.807, 2.05) is 59.2 Å². The molecule has 4 aromatic carbocycles. The molecule has 1 aliphatic heterocycles. The summed E-state index contributed by atoms with van der Waals surface area (Å²) in [6.45, 7) is 0. The van der Waals surface area contributed by atoms with Crippen LogP contribution in [0.5, 0.6) is 11.5 Å². The largest absolute Gasteiger partial charge is 0.496 e. The number of nitrogens with zero attached hydrogens (tertiary/aromatic N) is 2. The first-order valence-corrected chi connectivity index (χ1v) is 15.5. The molecule has 216 valence electrons. The van der Waals surface area contributed by atoms with Gasteiger partial charge in [-0.2, -0.15) is 0 Å². The lowest BCUT2D eigenvalue weighted by atomic mass is 9.83. The number of hydrogen-bond acceptors (Lipinski definition) is 5. The van der Waals surface area contributed by atoms with Gasteiger partial charge in [-0.05, 0) is 47.8 Å². The third-order valence-corrected chi connectivity index (χ3v) is 9.68. The number of aromatic nitrogens is 2. The van der Waals surface area contributed by atoms with Gasteiger partial charge in [0.2, 0.25) is 0 Å². The summed E-state index contributed by atoms with van der Waals surface area (Å²) in [6, 6.07) is 32.3. The van der Waals surface area contributed by atoms with Crippen LogP contribution < -0.4 is 24.4 Å². The fraction of sp³-hybridized carbons (Fsp3) is 0.135. The molecular weight excluding hydrogens is 566 g/mol. The Hall–Kier alpha value is -5.14. The van der Waals surface area contributed by atoms with Crippen molar-refractivity contribution in [2.45, 2.75) is 18.9 Å². The summed E-state index contributed by atoms with van der Waals surface area (Å²) in [6.07, 6.45) is 3.74. The number of rotatable bonds is 5. The van der Waals surface area contributed by atoms with Crippen LogP contribution in [0.4, 0.5) is 0 Å². The van der Waals surface area contributed by atoms with Crippen LogP contribution in [0.15, 0.2) is 112 Å². The summed E-state index contributed by atoms with van der Waals surface area (Å²) in [4.78, 5) is 24.0. The molecule has 0 fully saturated rings. The second kappa shape index (κ2) is 10.5. The molecule has 0 saturated carbocycles. The molecule has 0 amide bonds. The Balaban J connectivity index is 1.42. The number of hydrogen-bond donors (Lipinski definition) is 1. The standard InChI is InChI=1S/C37H29N3O3S/c1-42-29-17-9-8-15-26(29)35-27-20-19-22-11-6-7-14-24(22)33(27)39-37-40(35)36(41)31(44-37)21-28-25-16-10-18-30(43-2)34(25)38-32(28)23-12-4-3-5-13-23/h3-18,21,35,38H,19-20H2,1-2H3/b31-21+/t35-/m0/s1. The predicted octanol–water partition coefficient (Wildman–Crippen LogP) is 6.48. The lowest BCUT2D eigenvalue weighted by Crippen LogP contribution is -2.39. The minimum Gasteiger partial charge on any atom is -0.496 e. The molecule has 2 aromatic heterocycles. The van der Waals surface area contributed by atoms with Gasteiger partial charge in [0.05, 0.1) is 41.7 Å². The van der Waals surface area contributed by atoms with Gasteiger partial charge in [0.15, 0.2) is 4.80 Å². The van der Waals surface area contributed by atoms with Crippen LogP contribution in [0, 0.1) is 0 Å². The molecule has 0 unspecified atom stereocenters. The van der Waals surface area contributed by atoms with E-state index in [1.54, 1.807) is 14.2 Å². The van der Waals surface area contributed by atoms with Crippen molar-refractivity contribution in [3.63, 3.8) is 0 Å². The Kier molecular flexibility index (Phi) is 6.34. The van der Waals surface area contributed by atoms with Crippen LogP contribution in [0.2, 0.25) is 0 Å². The number of aryl methyl sites for hydroxylation is 1. The van der Waals surface area contributed by atoms with E-state index in [2.05, 4.69) is 53.5 Å². The molecule has 1 atom stereocenters. The number of benzene rings is 4. The quantitative estimate of drug-likeness (QED) is 0.248. The Morgan fingerprint density at radius 3 is 2.45 bits per heavy atom. The predicted molar refractivity (Wildman–Crippen MR) is 176 cm³/mol. The average molecular weight is 596 g/mol. The molecule has 6 aromatic rings. The molecule has 2 aliphatic rings. The number of para-hydroxylation sites is 2. The number of nitrogens with one attached hydrogen (secondary N) is 1.